The van der Waals surface area contributed by atoms with E-state index >= 15 is 0 Å². The van der Waals surface area contributed by atoms with Crippen molar-refractivity contribution in [2.75, 3.05) is 173 Å². The molecule has 0 amide bonds. The molecule has 0 unspecified atom stereocenters. The molecule has 14 heteroatoms. The lowest BCUT2D eigenvalue weighted by molar-refractivity contribution is -0.0278. The van der Waals surface area contributed by atoms with Gasteiger partial charge in [-0.25, -0.2) is 0 Å². The SMILES string of the molecule is CN(C)CCOCCOCCOCCOCCOCCOCCOCCOCCOCCOCCOCCO[Si](C)(C)C(C)(C)C. The Bertz CT molecular complexity index is 614. The monoisotopic (exact) mass is 687 g/mol. The predicted molar refractivity (Wildman–Crippen MR) is 181 cm³/mol. The van der Waals surface area contributed by atoms with Crippen LogP contribution in [0.4, 0.5) is 0 Å². The number of ether oxygens (including phenoxy) is 11. The van der Waals surface area contributed by atoms with Crippen LogP contribution in [0.2, 0.25) is 18.1 Å². The Morgan fingerprint density at radius 3 is 0.739 bits per heavy atom. The van der Waals surface area contributed by atoms with Crippen molar-refractivity contribution in [1.29, 1.82) is 0 Å². The highest BCUT2D eigenvalue weighted by atomic mass is 28.4. The second-order valence-corrected chi connectivity index (χ2v) is 17.0. The van der Waals surface area contributed by atoms with Gasteiger partial charge in [0.15, 0.2) is 8.32 Å². The molecule has 0 rings (SSSR count). The average molecular weight is 688 g/mol. The number of nitrogens with zero attached hydrogens (tertiary/aromatic N) is 1. The fourth-order valence-corrected chi connectivity index (χ4v) is 4.15. The molecule has 0 atom stereocenters. The number of likely N-dealkylation sites (N-methyl/N-ethyl adjacent to an activating group) is 1. The quantitative estimate of drug-likeness (QED) is 0.0706. The molecule has 0 bridgehead atoms. The van der Waals surface area contributed by atoms with Crippen LogP contribution in [0, 0.1) is 0 Å². The molecule has 0 spiro atoms. The summed E-state index contributed by atoms with van der Waals surface area (Å²) in [7, 11) is 2.35. The summed E-state index contributed by atoms with van der Waals surface area (Å²) < 4.78 is 66.5. The summed E-state index contributed by atoms with van der Waals surface area (Å²) in [6, 6.07) is 0. The number of hydrogen-bond donors (Lipinski definition) is 0. The second kappa shape index (κ2) is 33.2. The highest BCUT2D eigenvalue weighted by Gasteiger charge is 2.36. The maximum atomic E-state index is 6.08. The van der Waals surface area contributed by atoms with Crippen molar-refractivity contribution >= 4 is 8.32 Å². The molecule has 0 saturated carbocycles. The third-order valence-electron chi connectivity index (χ3n) is 6.90. The lowest BCUT2D eigenvalue weighted by Gasteiger charge is -2.36. The topological polar surface area (TPSA) is 114 Å². The normalized spacial score (nSPS) is 12.5. The van der Waals surface area contributed by atoms with E-state index < -0.39 is 8.32 Å². The molecule has 0 aliphatic rings. The molecule has 0 aromatic heterocycles. The second-order valence-electron chi connectivity index (χ2n) is 12.1. The molecule has 0 aromatic carbocycles. The van der Waals surface area contributed by atoms with Gasteiger partial charge in [0.2, 0.25) is 0 Å². The Hall–Kier alpha value is -0.303. The largest absolute Gasteiger partial charge is 0.414 e. The molecular formula is C32H69NO12Si. The van der Waals surface area contributed by atoms with Gasteiger partial charge < -0.3 is 61.4 Å². The summed E-state index contributed by atoms with van der Waals surface area (Å²) in [6.07, 6.45) is 0. The summed E-state index contributed by atoms with van der Waals surface area (Å²) in [6.45, 7) is 24.8. The highest BCUT2D eigenvalue weighted by Crippen LogP contribution is 2.36. The van der Waals surface area contributed by atoms with Gasteiger partial charge in [0.25, 0.3) is 0 Å². The molecule has 13 nitrogen and oxygen atoms in total. The standard InChI is InChI=1S/C32H69NO12Si/c1-32(2,3)46(6,7)45-31-30-44-29-28-43-27-26-42-25-24-41-23-22-40-21-20-39-19-18-38-17-16-37-15-14-36-13-12-35-11-10-34-9-8-33(4)5/h8-31H2,1-7H3. The molecule has 46 heavy (non-hydrogen) atoms. The summed E-state index contributed by atoms with van der Waals surface area (Å²) in [5, 5.41) is 0.218. The molecule has 0 N–H and O–H groups in total. The maximum Gasteiger partial charge on any atom is 0.192 e. The van der Waals surface area contributed by atoms with Crippen LogP contribution in [-0.4, -0.2) is 186 Å². The first-order valence-electron chi connectivity index (χ1n) is 16.8. The molecule has 0 heterocycles. The fourth-order valence-electron chi connectivity index (χ4n) is 3.12. The van der Waals surface area contributed by atoms with Crippen molar-refractivity contribution in [3.05, 3.63) is 0 Å². The van der Waals surface area contributed by atoms with E-state index in [9.17, 15) is 0 Å². The van der Waals surface area contributed by atoms with Crippen molar-refractivity contribution in [3.8, 4) is 0 Å². The van der Waals surface area contributed by atoms with Crippen molar-refractivity contribution in [1.82, 2.24) is 4.90 Å². The fraction of sp³-hybridized carbons (Fsp3) is 1.00. The molecule has 0 aliphatic heterocycles. The minimum atomic E-state index is -1.70. The van der Waals surface area contributed by atoms with Crippen LogP contribution in [0.1, 0.15) is 20.8 Å². The molecule has 0 saturated heterocycles. The van der Waals surface area contributed by atoms with Crippen LogP contribution in [0.25, 0.3) is 0 Å². The molecule has 0 aromatic rings. The van der Waals surface area contributed by atoms with E-state index in [1.165, 1.54) is 0 Å². The number of hydrogen-bond acceptors (Lipinski definition) is 13. The van der Waals surface area contributed by atoms with Crippen molar-refractivity contribution in [2.24, 2.45) is 0 Å². The van der Waals surface area contributed by atoms with E-state index in [-0.39, 0.29) is 5.04 Å². The first-order valence-corrected chi connectivity index (χ1v) is 19.7. The van der Waals surface area contributed by atoms with Gasteiger partial charge in [-0.15, -0.1) is 0 Å². The van der Waals surface area contributed by atoms with Gasteiger partial charge in [-0.1, -0.05) is 20.8 Å². The Kier molecular flexibility index (Phi) is 33.0. The molecule has 0 radical (unpaired) electrons. The first-order chi connectivity index (χ1) is 22.2. The lowest BCUT2D eigenvalue weighted by atomic mass is 10.2. The van der Waals surface area contributed by atoms with Crippen molar-refractivity contribution < 1.29 is 56.5 Å². The minimum absolute atomic E-state index is 0.218. The van der Waals surface area contributed by atoms with Crippen LogP contribution in [0.15, 0.2) is 0 Å². The van der Waals surface area contributed by atoms with Gasteiger partial charge >= 0.3 is 0 Å². The van der Waals surface area contributed by atoms with Crippen LogP contribution in [0.3, 0.4) is 0 Å². The molecular weight excluding hydrogens is 618 g/mol. The Morgan fingerprint density at radius 1 is 0.348 bits per heavy atom. The van der Waals surface area contributed by atoms with Crippen molar-refractivity contribution in [3.63, 3.8) is 0 Å². The predicted octanol–water partition coefficient (Wildman–Crippen LogP) is 2.75. The summed E-state index contributed by atoms with van der Waals surface area (Å²) in [5.41, 5.74) is 0. The Labute approximate surface area is 281 Å². The molecule has 278 valence electrons. The van der Waals surface area contributed by atoms with Crippen LogP contribution < -0.4 is 0 Å². The zero-order valence-electron chi connectivity index (χ0n) is 30.3. The summed E-state index contributed by atoms with van der Waals surface area (Å²) in [4.78, 5) is 2.08. The van der Waals surface area contributed by atoms with Crippen LogP contribution in [-0.2, 0) is 56.5 Å². The van der Waals surface area contributed by atoms with E-state index in [0.29, 0.717) is 145 Å². The zero-order valence-corrected chi connectivity index (χ0v) is 31.3. The van der Waals surface area contributed by atoms with Crippen LogP contribution >= 0.6 is 0 Å². The van der Waals surface area contributed by atoms with Gasteiger partial charge in [0, 0.05) is 6.54 Å². The molecule has 0 fully saturated rings. The van der Waals surface area contributed by atoms with Gasteiger partial charge in [-0.05, 0) is 32.2 Å². The maximum absolute atomic E-state index is 6.08. The van der Waals surface area contributed by atoms with Crippen LogP contribution in [0.5, 0.6) is 0 Å². The smallest absolute Gasteiger partial charge is 0.192 e. The minimum Gasteiger partial charge on any atom is -0.414 e. The molecule has 0 aliphatic carbocycles. The van der Waals surface area contributed by atoms with Gasteiger partial charge in [0.05, 0.1) is 152 Å². The lowest BCUT2D eigenvalue weighted by Crippen LogP contribution is -2.41. The summed E-state index contributed by atoms with van der Waals surface area (Å²) >= 11 is 0. The van der Waals surface area contributed by atoms with E-state index in [0.717, 1.165) is 13.2 Å². The van der Waals surface area contributed by atoms with E-state index in [2.05, 4.69) is 38.8 Å². The summed E-state index contributed by atoms with van der Waals surface area (Å²) in [5.74, 6) is 0. The van der Waals surface area contributed by atoms with E-state index in [4.69, 9.17) is 56.5 Å². The van der Waals surface area contributed by atoms with Gasteiger partial charge in [0.1, 0.15) is 0 Å². The first kappa shape index (κ1) is 45.7. The highest BCUT2D eigenvalue weighted by molar-refractivity contribution is 6.74. The Balaban J connectivity index is 3.12. The van der Waals surface area contributed by atoms with E-state index in [1.807, 2.05) is 14.1 Å². The number of rotatable bonds is 37. The third-order valence-corrected chi connectivity index (χ3v) is 11.4. The van der Waals surface area contributed by atoms with Crippen molar-refractivity contribution in [2.45, 2.75) is 38.9 Å². The average Bonchev–Trinajstić information content (AvgIpc) is 3.00. The van der Waals surface area contributed by atoms with E-state index in [1.54, 1.807) is 0 Å². The van der Waals surface area contributed by atoms with Gasteiger partial charge in [-0.3, -0.25) is 0 Å². The Morgan fingerprint density at radius 2 is 0.543 bits per heavy atom. The third kappa shape index (κ3) is 33.6. The zero-order chi connectivity index (χ0) is 34.0. The van der Waals surface area contributed by atoms with Gasteiger partial charge in [-0.2, -0.15) is 0 Å².